The number of pyridine rings is 1. The highest BCUT2D eigenvalue weighted by atomic mass is 35.5. The molecule has 1 saturated heterocycles. The summed E-state index contributed by atoms with van der Waals surface area (Å²) >= 11 is 6.28. The molecule has 1 aliphatic heterocycles. The average Bonchev–Trinajstić information content (AvgIpc) is 3.25. The van der Waals surface area contributed by atoms with Crippen molar-refractivity contribution in [3.63, 3.8) is 0 Å². The molecule has 0 spiro atoms. The van der Waals surface area contributed by atoms with Gasteiger partial charge in [0.15, 0.2) is 0 Å². The number of ether oxygens (including phenoxy) is 1. The molecular weight excluding hydrogens is 418 g/mol. The molecule has 0 amide bonds. The lowest BCUT2D eigenvalue weighted by molar-refractivity contribution is 0.215. The lowest BCUT2D eigenvalue weighted by atomic mass is 9.79. The van der Waals surface area contributed by atoms with E-state index in [2.05, 4.69) is 16.2 Å². The number of anilines is 1. The van der Waals surface area contributed by atoms with Gasteiger partial charge in [-0.05, 0) is 43.2 Å². The first-order valence-corrected chi connectivity index (χ1v) is 11.1. The third-order valence-corrected chi connectivity index (χ3v) is 6.55. The Hall–Kier alpha value is -2.63. The first-order valence-electron chi connectivity index (χ1n) is 10.7. The van der Waals surface area contributed by atoms with Gasteiger partial charge in [0.25, 0.3) is 5.56 Å². The van der Waals surface area contributed by atoms with Gasteiger partial charge in [-0.3, -0.25) is 4.79 Å². The minimum Gasteiger partial charge on any atom is -0.472 e. The second-order valence-corrected chi connectivity index (χ2v) is 8.55. The lowest BCUT2D eigenvalue weighted by Crippen LogP contribution is -2.30. The first kappa shape index (κ1) is 21.6. The number of aliphatic hydroxyl groups is 1. The molecule has 1 N–H and O–H groups in total. The Morgan fingerprint density at radius 3 is 2.84 bits per heavy atom. The van der Waals surface area contributed by atoms with E-state index in [0.29, 0.717) is 30.6 Å². The largest absolute Gasteiger partial charge is 0.472 e. The smallest absolute Gasteiger partial charge is 0.287 e. The van der Waals surface area contributed by atoms with Crippen molar-refractivity contribution in [2.75, 3.05) is 24.6 Å². The Balaban J connectivity index is 1.39. The highest BCUT2D eigenvalue weighted by molar-refractivity contribution is 6.33. The van der Waals surface area contributed by atoms with E-state index < -0.39 is 5.56 Å². The van der Waals surface area contributed by atoms with Crippen LogP contribution in [0.2, 0.25) is 5.02 Å². The Kier molecular flexibility index (Phi) is 6.73. The molecule has 1 aliphatic carbocycles. The maximum Gasteiger partial charge on any atom is 0.287 e. The molecule has 0 radical (unpaired) electrons. The number of halogens is 1. The van der Waals surface area contributed by atoms with Crippen LogP contribution in [0.25, 0.3) is 0 Å². The van der Waals surface area contributed by atoms with Crippen LogP contribution in [0.15, 0.2) is 29.3 Å². The zero-order chi connectivity index (χ0) is 21.8. The molecule has 31 heavy (non-hydrogen) atoms. The van der Waals surface area contributed by atoms with Gasteiger partial charge in [-0.25, -0.2) is 9.67 Å². The normalized spacial score (nSPS) is 23.5. The van der Waals surface area contributed by atoms with Crippen molar-refractivity contribution in [2.24, 2.45) is 5.92 Å². The van der Waals surface area contributed by atoms with Crippen LogP contribution in [0, 0.1) is 17.2 Å². The second kappa shape index (κ2) is 9.67. The van der Waals surface area contributed by atoms with Gasteiger partial charge >= 0.3 is 0 Å². The number of nitriles is 1. The SMILES string of the molecule is N#CC1CCC(c2ccnc(O[C@@H]3CCN(c4cnn(CCO)c(=O)c4Cl)C3)c2)CC1. The fraction of sp³-hybridized carbons (Fsp3) is 0.545. The van der Waals surface area contributed by atoms with Gasteiger partial charge in [0.2, 0.25) is 5.88 Å². The van der Waals surface area contributed by atoms with Crippen molar-refractivity contribution >= 4 is 17.3 Å². The summed E-state index contributed by atoms with van der Waals surface area (Å²) < 4.78 is 7.31. The van der Waals surface area contributed by atoms with E-state index in [1.807, 2.05) is 17.0 Å². The number of aromatic nitrogens is 3. The number of rotatable bonds is 6. The zero-order valence-electron chi connectivity index (χ0n) is 17.3. The van der Waals surface area contributed by atoms with Crippen LogP contribution in [0.4, 0.5) is 5.69 Å². The summed E-state index contributed by atoms with van der Waals surface area (Å²) in [5.41, 5.74) is 1.40. The first-order chi connectivity index (χ1) is 15.1. The molecule has 164 valence electrons. The van der Waals surface area contributed by atoms with E-state index in [4.69, 9.17) is 26.7 Å². The van der Waals surface area contributed by atoms with Crippen molar-refractivity contribution < 1.29 is 9.84 Å². The molecule has 2 aliphatic rings. The van der Waals surface area contributed by atoms with Crippen LogP contribution >= 0.6 is 11.6 Å². The number of aliphatic hydroxyl groups excluding tert-OH is 1. The van der Waals surface area contributed by atoms with Crippen LogP contribution in [0.3, 0.4) is 0 Å². The summed E-state index contributed by atoms with van der Waals surface area (Å²) in [5.74, 6) is 1.24. The molecule has 8 nitrogen and oxygen atoms in total. The maximum absolute atomic E-state index is 12.3. The molecule has 2 aromatic heterocycles. The number of hydrogen-bond donors (Lipinski definition) is 1. The van der Waals surface area contributed by atoms with Crippen LogP contribution < -0.4 is 15.2 Å². The van der Waals surface area contributed by atoms with E-state index in [1.54, 1.807) is 12.4 Å². The lowest BCUT2D eigenvalue weighted by Gasteiger charge is -2.25. The van der Waals surface area contributed by atoms with E-state index in [1.165, 1.54) is 5.56 Å². The molecule has 4 rings (SSSR count). The third kappa shape index (κ3) is 4.83. The molecule has 0 bridgehead atoms. The Morgan fingerprint density at radius 2 is 2.10 bits per heavy atom. The quantitative estimate of drug-likeness (QED) is 0.731. The number of hydrogen-bond acceptors (Lipinski definition) is 7. The van der Waals surface area contributed by atoms with Crippen LogP contribution in [-0.2, 0) is 6.54 Å². The third-order valence-electron chi connectivity index (χ3n) is 6.19. The van der Waals surface area contributed by atoms with Crippen LogP contribution in [-0.4, -0.2) is 45.7 Å². The van der Waals surface area contributed by atoms with Gasteiger partial charge in [0.1, 0.15) is 11.1 Å². The Labute approximate surface area is 186 Å². The van der Waals surface area contributed by atoms with E-state index in [9.17, 15) is 4.79 Å². The average molecular weight is 444 g/mol. The second-order valence-electron chi connectivity index (χ2n) is 8.18. The van der Waals surface area contributed by atoms with Crippen molar-refractivity contribution in [1.82, 2.24) is 14.8 Å². The monoisotopic (exact) mass is 443 g/mol. The molecule has 2 fully saturated rings. The maximum atomic E-state index is 12.3. The molecule has 1 atom stereocenters. The topological polar surface area (TPSA) is 104 Å². The summed E-state index contributed by atoms with van der Waals surface area (Å²) in [6.07, 6.45) is 8.01. The molecule has 9 heteroatoms. The van der Waals surface area contributed by atoms with Crippen molar-refractivity contribution in [1.29, 1.82) is 5.26 Å². The Morgan fingerprint density at radius 1 is 1.29 bits per heavy atom. The summed E-state index contributed by atoms with van der Waals surface area (Å²) in [7, 11) is 0. The van der Waals surface area contributed by atoms with Crippen molar-refractivity contribution in [3.05, 3.63) is 45.5 Å². The highest BCUT2D eigenvalue weighted by Gasteiger charge is 2.28. The predicted molar refractivity (Wildman–Crippen MR) is 116 cm³/mol. The summed E-state index contributed by atoms with van der Waals surface area (Å²) in [5, 5.41) is 22.3. The summed E-state index contributed by atoms with van der Waals surface area (Å²) in [4.78, 5) is 18.7. The van der Waals surface area contributed by atoms with Gasteiger partial charge in [-0.2, -0.15) is 10.4 Å². The molecule has 1 saturated carbocycles. The summed E-state index contributed by atoms with van der Waals surface area (Å²) in [6.45, 7) is 1.23. The minimum absolute atomic E-state index is 0.0620. The fourth-order valence-electron chi connectivity index (χ4n) is 4.44. The van der Waals surface area contributed by atoms with E-state index in [0.717, 1.165) is 36.8 Å². The zero-order valence-corrected chi connectivity index (χ0v) is 18.0. The van der Waals surface area contributed by atoms with Crippen molar-refractivity contribution in [3.8, 4) is 11.9 Å². The minimum atomic E-state index is -0.405. The van der Waals surface area contributed by atoms with Crippen LogP contribution in [0.1, 0.15) is 43.6 Å². The Bertz CT molecular complexity index is 1010. The van der Waals surface area contributed by atoms with E-state index >= 15 is 0 Å². The molecule has 0 aromatic carbocycles. The van der Waals surface area contributed by atoms with Gasteiger partial charge in [0.05, 0.1) is 37.6 Å². The van der Waals surface area contributed by atoms with Gasteiger partial charge in [0, 0.05) is 31.1 Å². The molecule has 3 heterocycles. The highest BCUT2D eigenvalue weighted by Crippen LogP contribution is 2.36. The summed E-state index contributed by atoms with van der Waals surface area (Å²) in [6, 6.07) is 6.44. The molecule has 0 unspecified atom stereocenters. The van der Waals surface area contributed by atoms with Gasteiger partial charge < -0.3 is 14.7 Å². The van der Waals surface area contributed by atoms with Gasteiger partial charge in [-0.15, -0.1) is 0 Å². The van der Waals surface area contributed by atoms with Gasteiger partial charge in [-0.1, -0.05) is 11.6 Å². The van der Waals surface area contributed by atoms with E-state index in [-0.39, 0.29) is 30.2 Å². The predicted octanol–water partition coefficient (Wildman–Crippen LogP) is 2.74. The fourth-order valence-corrected chi connectivity index (χ4v) is 4.71. The number of nitrogens with zero attached hydrogens (tertiary/aromatic N) is 5. The molecule has 2 aromatic rings. The van der Waals surface area contributed by atoms with Crippen LogP contribution in [0.5, 0.6) is 5.88 Å². The standard InChI is InChI=1S/C22H26ClN5O3/c23-21-19(13-26-28(9-10-29)22(21)30)27-8-6-18(14-27)31-20-11-17(5-7-25-20)16-3-1-15(12-24)2-4-16/h5,7,11,13,15-16,18,29H,1-4,6,8-10,14H2/t15?,16?,18-/m1/s1. The van der Waals surface area contributed by atoms with Crippen molar-refractivity contribution in [2.45, 2.75) is 50.7 Å². The molecular formula is C22H26ClN5O3.